The van der Waals surface area contributed by atoms with Gasteiger partial charge in [0, 0.05) is 31.0 Å². The average Bonchev–Trinajstić information content (AvgIpc) is 2.99. The van der Waals surface area contributed by atoms with Gasteiger partial charge in [-0.2, -0.15) is 0 Å². The molecule has 5 nitrogen and oxygen atoms in total. The number of aliphatic imine (C=N–C) groups is 1. The molecule has 3 atom stereocenters. The molecule has 3 fully saturated rings. The standard InChI is InChI=1S/C20H29N3O2.HI/c1-14-4-6-15(7-5-14)24-13-11-22-19(21-2)23-17-16-8-12-25-18(16)20(17)9-3-10-20;/h4-7,16-18H,3,8-13H2,1-2H3,(H2,21,22,23);1H. The summed E-state index contributed by atoms with van der Waals surface area (Å²) in [6, 6.07) is 8.67. The third-order valence-electron chi connectivity index (χ3n) is 6.24. The number of halogens is 1. The number of nitrogens with zero attached hydrogens (tertiary/aromatic N) is 1. The van der Waals surface area contributed by atoms with E-state index in [0.717, 1.165) is 24.9 Å². The highest BCUT2D eigenvalue weighted by molar-refractivity contribution is 14.0. The van der Waals surface area contributed by atoms with Gasteiger partial charge in [0.2, 0.25) is 0 Å². The zero-order valence-electron chi connectivity index (χ0n) is 15.7. The van der Waals surface area contributed by atoms with Crippen molar-refractivity contribution < 1.29 is 9.47 Å². The summed E-state index contributed by atoms with van der Waals surface area (Å²) >= 11 is 0. The summed E-state index contributed by atoms with van der Waals surface area (Å²) in [5.41, 5.74) is 1.62. The van der Waals surface area contributed by atoms with Crippen LogP contribution in [0, 0.1) is 18.3 Å². The molecule has 6 heteroatoms. The summed E-state index contributed by atoms with van der Waals surface area (Å²) in [5.74, 6) is 2.45. The number of aryl methyl sites for hydroxylation is 1. The summed E-state index contributed by atoms with van der Waals surface area (Å²) in [4.78, 5) is 4.40. The van der Waals surface area contributed by atoms with Crippen LogP contribution < -0.4 is 15.4 Å². The predicted molar refractivity (Wildman–Crippen MR) is 115 cm³/mol. The first-order valence-electron chi connectivity index (χ1n) is 9.51. The third-order valence-corrected chi connectivity index (χ3v) is 6.24. The molecule has 2 saturated carbocycles. The molecule has 1 heterocycles. The first-order chi connectivity index (χ1) is 12.2. The van der Waals surface area contributed by atoms with Crippen molar-refractivity contribution in [1.29, 1.82) is 0 Å². The molecule has 1 aromatic rings. The van der Waals surface area contributed by atoms with Gasteiger partial charge in [0.05, 0.1) is 12.6 Å². The van der Waals surface area contributed by atoms with Gasteiger partial charge >= 0.3 is 0 Å². The van der Waals surface area contributed by atoms with E-state index in [9.17, 15) is 0 Å². The fourth-order valence-corrected chi connectivity index (χ4v) is 4.77. The Kier molecular flexibility index (Phi) is 6.33. The maximum atomic E-state index is 5.99. The minimum Gasteiger partial charge on any atom is -0.492 e. The molecule has 2 aliphatic carbocycles. The van der Waals surface area contributed by atoms with Gasteiger partial charge in [0.15, 0.2) is 5.96 Å². The number of benzene rings is 1. The van der Waals surface area contributed by atoms with Crippen molar-refractivity contribution in [3.05, 3.63) is 29.8 Å². The van der Waals surface area contributed by atoms with Crippen molar-refractivity contribution in [2.45, 2.75) is 44.8 Å². The number of hydrogen-bond acceptors (Lipinski definition) is 3. The number of nitrogens with one attached hydrogen (secondary N) is 2. The lowest BCUT2D eigenvalue weighted by molar-refractivity contribution is -0.171. The Labute approximate surface area is 173 Å². The highest BCUT2D eigenvalue weighted by Crippen LogP contribution is 2.62. The molecule has 1 saturated heterocycles. The molecule has 1 aliphatic heterocycles. The molecule has 1 aromatic carbocycles. The minimum absolute atomic E-state index is 0. The van der Waals surface area contributed by atoms with Crippen LogP contribution in [-0.4, -0.2) is 44.9 Å². The van der Waals surface area contributed by atoms with E-state index < -0.39 is 0 Å². The van der Waals surface area contributed by atoms with Gasteiger partial charge < -0.3 is 20.1 Å². The van der Waals surface area contributed by atoms with E-state index in [1.165, 1.54) is 31.2 Å². The number of hydrogen-bond donors (Lipinski definition) is 2. The second kappa shape index (κ2) is 8.33. The maximum absolute atomic E-state index is 5.99. The van der Waals surface area contributed by atoms with E-state index in [1.54, 1.807) is 0 Å². The van der Waals surface area contributed by atoms with Gasteiger partial charge in [-0.1, -0.05) is 24.1 Å². The first-order valence-corrected chi connectivity index (χ1v) is 9.51. The number of fused-ring (bicyclic) bond motifs is 2. The van der Waals surface area contributed by atoms with Crippen molar-refractivity contribution in [3.63, 3.8) is 0 Å². The van der Waals surface area contributed by atoms with E-state index >= 15 is 0 Å². The number of rotatable bonds is 5. The molecule has 2 N–H and O–H groups in total. The Bertz CT molecular complexity index is 630. The van der Waals surface area contributed by atoms with Crippen molar-refractivity contribution in [2.24, 2.45) is 16.3 Å². The molecule has 0 radical (unpaired) electrons. The van der Waals surface area contributed by atoms with Gasteiger partial charge in [-0.25, -0.2) is 0 Å². The molecular formula is C20H30IN3O2. The smallest absolute Gasteiger partial charge is 0.191 e. The molecule has 0 aromatic heterocycles. The van der Waals surface area contributed by atoms with Crippen molar-refractivity contribution in [2.75, 3.05) is 26.8 Å². The number of ether oxygens (including phenoxy) is 2. The van der Waals surface area contributed by atoms with Crippen LogP contribution in [-0.2, 0) is 4.74 Å². The van der Waals surface area contributed by atoms with Gasteiger partial charge in [0.1, 0.15) is 12.4 Å². The van der Waals surface area contributed by atoms with Crippen LogP contribution in [0.5, 0.6) is 5.75 Å². The van der Waals surface area contributed by atoms with Crippen LogP contribution in [0.2, 0.25) is 0 Å². The molecule has 0 bridgehead atoms. The largest absolute Gasteiger partial charge is 0.492 e. The van der Waals surface area contributed by atoms with Crippen molar-refractivity contribution in [1.82, 2.24) is 10.6 Å². The fraction of sp³-hybridized carbons (Fsp3) is 0.650. The molecule has 3 aliphatic rings. The van der Waals surface area contributed by atoms with E-state index in [0.29, 0.717) is 30.1 Å². The van der Waals surface area contributed by atoms with Gasteiger partial charge in [-0.15, -0.1) is 24.0 Å². The number of guanidine groups is 1. The second-order valence-corrected chi connectivity index (χ2v) is 7.61. The first kappa shape index (κ1) is 19.7. The quantitative estimate of drug-likeness (QED) is 0.300. The van der Waals surface area contributed by atoms with Crippen LogP contribution in [0.15, 0.2) is 29.3 Å². The lowest BCUT2D eigenvalue weighted by Gasteiger charge is -2.63. The molecule has 1 spiro atoms. The van der Waals surface area contributed by atoms with Crippen LogP contribution >= 0.6 is 24.0 Å². The molecule has 0 amide bonds. The van der Waals surface area contributed by atoms with E-state index in [1.807, 2.05) is 19.2 Å². The summed E-state index contributed by atoms with van der Waals surface area (Å²) in [6.07, 6.45) is 5.58. The van der Waals surface area contributed by atoms with Crippen molar-refractivity contribution in [3.8, 4) is 5.75 Å². The Morgan fingerprint density at radius 3 is 2.73 bits per heavy atom. The fourth-order valence-electron chi connectivity index (χ4n) is 4.77. The summed E-state index contributed by atoms with van der Waals surface area (Å²) in [6.45, 7) is 4.36. The highest BCUT2D eigenvalue weighted by atomic mass is 127. The lowest BCUT2D eigenvalue weighted by atomic mass is 9.46. The molecule has 26 heavy (non-hydrogen) atoms. The second-order valence-electron chi connectivity index (χ2n) is 7.61. The Hall–Kier alpha value is -1.02. The Morgan fingerprint density at radius 2 is 2.08 bits per heavy atom. The summed E-state index contributed by atoms with van der Waals surface area (Å²) < 4.78 is 11.8. The predicted octanol–water partition coefficient (Wildman–Crippen LogP) is 3.11. The zero-order valence-corrected chi connectivity index (χ0v) is 18.0. The Balaban J connectivity index is 0.00000196. The zero-order chi connectivity index (χ0) is 17.3. The highest BCUT2D eigenvalue weighted by Gasteiger charge is 2.66. The third kappa shape index (κ3) is 3.54. The SMILES string of the molecule is CN=C(NCCOc1ccc(C)cc1)NC1C2CCOC2C12CCC2.I. The molecule has 4 rings (SSSR count). The minimum atomic E-state index is 0. The molecule has 144 valence electrons. The lowest BCUT2D eigenvalue weighted by Crippen LogP contribution is -2.72. The normalized spacial score (nSPS) is 28.4. The maximum Gasteiger partial charge on any atom is 0.191 e. The monoisotopic (exact) mass is 471 g/mol. The van der Waals surface area contributed by atoms with Crippen LogP contribution in [0.25, 0.3) is 0 Å². The van der Waals surface area contributed by atoms with Crippen LogP contribution in [0.1, 0.15) is 31.2 Å². The topological polar surface area (TPSA) is 54.9 Å². The molecular weight excluding hydrogens is 441 g/mol. The average molecular weight is 471 g/mol. The van der Waals surface area contributed by atoms with Gasteiger partial charge in [0.25, 0.3) is 0 Å². The van der Waals surface area contributed by atoms with Crippen LogP contribution in [0.4, 0.5) is 0 Å². The summed E-state index contributed by atoms with van der Waals surface area (Å²) in [7, 11) is 1.84. The van der Waals surface area contributed by atoms with Gasteiger partial charge in [-0.05, 0) is 38.3 Å². The van der Waals surface area contributed by atoms with Crippen LogP contribution in [0.3, 0.4) is 0 Å². The van der Waals surface area contributed by atoms with E-state index in [2.05, 4.69) is 34.7 Å². The Morgan fingerprint density at radius 1 is 1.31 bits per heavy atom. The van der Waals surface area contributed by atoms with E-state index in [4.69, 9.17) is 9.47 Å². The van der Waals surface area contributed by atoms with E-state index in [-0.39, 0.29) is 24.0 Å². The van der Waals surface area contributed by atoms with Crippen molar-refractivity contribution >= 4 is 29.9 Å². The van der Waals surface area contributed by atoms with Gasteiger partial charge in [-0.3, -0.25) is 4.99 Å². The summed E-state index contributed by atoms with van der Waals surface area (Å²) in [5, 5.41) is 7.07. The molecule has 3 unspecified atom stereocenters.